The molecule has 1 unspecified atom stereocenters. The van der Waals surface area contributed by atoms with E-state index in [0.29, 0.717) is 6.04 Å². The van der Waals surface area contributed by atoms with Crippen LogP contribution in [0.5, 0.6) is 0 Å². The Kier molecular flexibility index (Phi) is 8.24. The molecule has 0 radical (unpaired) electrons. The number of halogens is 3. The van der Waals surface area contributed by atoms with Gasteiger partial charge in [0, 0.05) is 55.2 Å². The molecular weight excluding hydrogens is 424 g/mol. The fraction of sp³-hybridized carbons (Fsp3) is 0.364. The average molecular weight is 452 g/mol. The summed E-state index contributed by atoms with van der Waals surface area (Å²) in [5, 5.41) is 7.44. The molecule has 0 amide bonds. The molecule has 1 aliphatic rings. The van der Waals surface area contributed by atoms with Crippen molar-refractivity contribution in [3.05, 3.63) is 65.4 Å². The van der Waals surface area contributed by atoms with Crippen LogP contribution in [0, 0.1) is 19.7 Å². The first kappa shape index (κ1) is 24.1. The SMILES string of the molecule is Cc1n[nH]c(C)c1C(C)N1CCN(c2ncccc2-c2ccc(F)cc2)CC1.Cl.Cl. The van der Waals surface area contributed by atoms with Gasteiger partial charge in [0.15, 0.2) is 0 Å². The van der Waals surface area contributed by atoms with Crippen molar-refractivity contribution < 1.29 is 4.39 Å². The van der Waals surface area contributed by atoms with Crippen molar-refractivity contribution >= 4 is 30.6 Å². The van der Waals surface area contributed by atoms with E-state index in [4.69, 9.17) is 0 Å². The van der Waals surface area contributed by atoms with Gasteiger partial charge < -0.3 is 4.90 Å². The number of hydrogen-bond acceptors (Lipinski definition) is 4. The molecule has 3 aromatic rings. The van der Waals surface area contributed by atoms with Gasteiger partial charge in [-0.2, -0.15) is 5.10 Å². The molecule has 2 aromatic heterocycles. The summed E-state index contributed by atoms with van der Waals surface area (Å²) in [6.45, 7) is 10.1. The number of piperazine rings is 1. The zero-order chi connectivity index (χ0) is 19.7. The van der Waals surface area contributed by atoms with E-state index in [0.717, 1.165) is 54.5 Å². The van der Waals surface area contributed by atoms with E-state index in [-0.39, 0.29) is 30.6 Å². The van der Waals surface area contributed by atoms with Gasteiger partial charge in [0.1, 0.15) is 11.6 Å². The predicted molar refractivity (Wildman–Crippen MR) is 124 cm³/mol. The van der Waals surface area contributed by atoms with E-state index >= 15 is 0 Å². The minimum Gasteiger partial charge on any atom is -0.354 e. The second-order valence-corrected chi connectivity index (χ2v) is 7.43. The van der Waals surface area contributed by atoms with Gasteiger partial charge in [-0.25, -0.2) is 9.37 Å². The van der Waals surface area contributed by atoms with Crippen LogP contribution in [0.3, 0.4) is 0 Å². The summed E-state index contributed by atoms with van der Waals surface area (Å²) in [6, 6.07) is 11.0. The Hall–Kier alpha value is -2.15. The minimum absolute atomic E-state index is 0. The highest BCUT2D eigenvalue weighted by Crippen LogP contribution is 2.31. The number of benzene rings is 1. The molecule has 1 aliphatic heterocycles. The first-order chi connectivity index (χ1) is 13.5. The first-order valence-electron chi connectivity index (χ1n) is 9.76. The number of hydrogen-bond donors (Lipinski definition) is 1. The van der Waals surface area contributed by atoms with Crippen molar-refractivity contribution in [1.29, 1.82) is 0 Å². The highest BCUT2D eigenvalue weighted by molar-refractivity contribution is 5.85. The molecule has 0 saturated carbocycles. The molecule has 5 nitrogen and oxygen atoms in total. The van der Waals surface area contributed by atoms with Gasteiger partial charge in [-0.05, 0) is 50.6 Å². The van der Waals surface area contributed by atoms with Crippen LogP contribution in [0.4, 0.5) is 10.2 Å². The molecule has 1 aromatic carbocycles. The Balaban J connectivity index is 0.00000160. The lowest BCUT2D eigenvalue weighted by atomic mass is 10.0. The van der Waals surface area contributed by atoms with Crippen LogP contribution in [0.15, 0.2) is 42.6 Å². The topological polar surface area (TPSA) is 48.1 Å². The molecule has 0 aliphatic carbocycles. The van der Waals surface area contributed by atoms with Crippen molar-refractivity contribution in [3.8, 4) is 11.1 Å². The van der Waals surface area contributed by atoms with Crippen LogP contribution in [0.2, 0.25) is 0 Å². The maximum atomic E-state index is 13.3. The zero-order valence-corrected chi connectivity index (χ0v) is 19.1. The molecule has 1 atom stereocenters. The fourth-order valence-electron chi connectivity index (χ4n) is 4.18. The highest BCUT2D eigenvalue weighted by atomic mass is 35.5. The smallest absolute Gasteiger partial charge is 0.136 e. The third-order valence-electron chi connectivity index (χ3n) is 5.71. The van der Waals surface area contributed by atoms with E-state index in [2.05, 4.69) is 51.8 Å². The predicted octanol–water partition coefficient (Wildman–Crippen LogP) is 4.95. The van der Waals surface area contributed by atoms with Gasteiger partial charge in [-0.3, -0.25) is 10.00 Å². The second-order valence-electron chi connectivity index (χ2n) is 7.43. The number of nitrogens with one attached hydrogen (secondary N) is 1. The number of anilines is 1. The molecule has 1 saturated heterocycles. The lowest BCUT2D eigenvalue weighted by molar-refractivity contribution is 0.197. The number of pyridine rings is 1. The Labute approximate surface area is 189 Å². The Morgan fingerprint density at radius 3 is 2.27 bits per heavy atom. The van der Waals surface area contributed by atoms with E-state index in [9.17, 15) is 4.39 Å². The maximum absolute atomic E-state index is 13.3. The molecule has 1 N–H and O–H groups in total. The molecule has 3 heterocycles. The van der Waals surface area contributed by atoms with Gasteiger partial charge in [0.05, 0.1) is 5.69 Å². The van der Waals surface area contributed by atoms with Crippen molar-refractivity contribution in [3.63, 3.8) is 0 Å². The van der Waals surface area contributed by atoms with Gasteiger partial charge >= 0.3 is 0 Å². The molecule has 0 spiro atoms. The Morgan fingerprint density at radius 1 is 1.00 bits per heavy atom. The molecular formula is C22H28Cl2FN5. The van der Waals surface area contributed by atoms with Crippen LogP contribution >= 0.6 is 24.8 Å². The fourth-order valence-corrected chi connectivity index (χ4v) is 4.18. The summed E-state index contributed by atoms with van der Waals surface area (Å²) >= 11 is 0. The largest absolute Gasteiger partial charge is 0.354 e. The van der Waals surface area contributed by atoms with Crippen LogP contribution in [0.25, 0.3) is 11.1 Å². The normalized spacial score (nSPS) is 15.3. The second kappa shape index (κ2) is 10.2. The van der Waals surface area contributed by atoms with Gasteiger partial charge in [0.25, 0.3) is 0 Å². The maximum Gasteiger partial charge on any atom is 0.136 e. The number of aryl methyl sites for hydroxylation is 2. The average Bonchev–Trinajstić information content (AvgIpc) is 3.06. The summed E-state index contributed by atoms with van der Waals surface area (Å²) in [7, 11) is 0. The number of rotatable bonds is 4. The standard InChI is InChI=1S/C22H26FN5.2ClH/c1-15-21(16(2)26-25-15)17(3)27-11-13-28(14-12-27)22-20(5-4-10-24-22)18-6-8-19(23)9-7-18;;/h4-10,17H,11-14H2,1-3H3,(H,25,26);2*1H. The Morgan fingerprint density at radius 2 is 1.67 bits per heavy atom. The molecule has 162 valence electrons. The van der Waals surface area contributed by atoms with Gasteiger partial charge in [0.2, 0.25) is 0 Å². The summed E-state index contributed by atoms with van der Waals surface area (Å²) in [5.41, 5.74) is 5.57. The molecule has 30 heavy (non-hydrogen) atoms. The van der Waals surface area contributed by atoms with Crippen LogP contribution in [0.1, 0.15) is 29.9 Å². The van der Waals surface area contributed by atoms with Crippen molar-refractivity contribution in [2.45, 2.75) is 26.8 Å². The summed E-state index contributed by atoms with van der Waals surface area (Å²) in [6.07, 6.45) is 1.83. The quantitative estimate of drug-likeness (QED) is 0.608. The minimum atomic E-state index is -0.221. The molecule has 8 heteroatoms. The lowest BCUT2D eigenvalue weighted by Gasteiger charge is -2.39. The number of aromatic nitrogens is 3. The van der Waals surface area contributed by atoms with Crippen molar-refractivity contribution in [2.75, 3.05) is 31.1 Å². The van der Waals surface area contributed by atoms with E-state index < -0.39 is 0 Å². The monoisotopic (exact) mass is 451 g/mol. The van der Waals surface area contributed by atoms with E-state index in [1.165, 1.54) is 17.7 Å². The zero-order valence-electron chi connectivity index (χ0n) is 17.4. The van der Waals surface area contributed by atoms with Gasteiger partial charge in [-0.15, -0.1) is 24.8 Å². The van der Waals surface area contributed by atoms with E-state index in [1.54, 1.807) is 0 Å². The van der Waals surface area contributed by atoms with Crippen molar-refractivity contribution in [2.24, 2.45) is 0 Å². The third-order valence-corrected chi connectivity index (χ3v) is 5.71. The van der Waals surface area contributed by atoms with Crippen LogP contribution in [-0.2, 0) is 0 Å². The number of nitrogens with zero attached hydrogens (tertiary/aromatic N) is 4. The summed E-state index contributed by atoms with van der Waals surface area (Å²) in [5.74, 6) is 0.749. The van der Waals surface area contributed by atoms with Crippen LogP contribution < -0.4 is 4.90 Å². The third kappa shape index (κ3) is 4.77. The van der Waals surface area contributed by atoms with Crippen LogP contribution in [-0.4, -0.2) is 46.3 Å². The lowest BCUT2D eigenvalue weighted by Crippen LogP contribution is -2.47. The first-order valence-corrected chi connectivity index (χ1v) is 9.76. The summed E-state index contributed by atoms with van der Waals surface area (Å²) < 4.78 is 13.3. The summed E-state index contributed by atoms with van der Waals surface area (Å²) in [4.78, 5) is 9.48. The number of aromatic amines is 1. The van der Waals surface area contributed by atoms with Gasteiger partial charge in [-0.1, -0.05) is 12.1 Å². The van der Waals surface area contributed by atoms with Crippen molar-refractivity contribution in [1.82, 2.24) is 20.1 Å². The molecule has 1 fully saturated rings. The highest BCUT2D eigenvalue weighted by Gasteiger charge is 2.26. The number of H-pyrrole nitrogens is 1. The molecule has 0 bridgehead atoms. The van der Waals surface area contributed by atoms with E-state index in [1.807, 2.05) is 24.4 Å². The Bertz CT molecular complexity index is 933. The molecule has 4 rings (SSSR count).